The lowest BCUT2D eigenvalue weighted by atomic mass is 10.0. The maximum atomic E-state index is 5.15. The molecule has 0 aliphatic rings. The quantitative estimate of drug-likeness (QED) is 0.372. The van der Waals surface area contributed by atoms with E-state index in [1.54, 1.807) is 0 Å². The van der Waals surface area contributed by atoms with Crippen molar-refractivity contribution >= 4 is 0 Å². The number of nitrogens with zero attached hydrogens (tertiary/aromatic N) is 3. The molecule has 0 amide bonds. The molecule has 0 spiro atoms. The summed E-state index contributed by atoms with van der Waals surface area (Å²) in [6.45, 7) is 0. The van der Waals surface area contributed by atoms with Gasteiger partial charge >= 0.3 is 0 Å². The van der Waals surface area contributed by atoms with Crippen LogP contribution < -0.4 is 0 Å². The van der Waals surface area contributed by atoms with E-state index >= 15 is 0 Å². The molecule has 3 aromatic carbocycles. The minimum absolute atomic E-state index is 0.912. The second-order valence-corrected chi connectivity index (χ2v) is 6.77. The van der Waals surface area contributed by atoms with Crippen LogP contribution in [0, 0.1) is 0 Å². The molecule has 3 nitrogen and oxygen atoms in total. The highest BCUT2D eigenvalue weighted by atomic mass is 15.1. The Kier molecular flexibility index (Phi) is 4.47. The summed E-state index contributed by atoms with van der Waals surface area (Å²) in [7, 11) is 0. The van der Waals surface area contributed by atoms with Crippen LogP contribution >= 0.6 is 0 Å². The first-order valence-corrected chi connectivity index (χ1v) is 9.61. The van der Waals surface area contributed by atoms with Crippen LogP contribution in [0.5, 0.6) is 0 Å². The van der Waals surface area contributed by atoms with Gasteiger partial charge in [0.05, 0.1) is 17.1 Å². The van der Waals surface area contributed by atoms with E-state index < -0.39 is 0 Å². The van der Waals surface area contributed by atoms with Crippen LogP contribution in [0.1, 0.15) is 0 Å². The summed E-state index contributed by atoms with van der Waals surface area (Å²) in [5, 5.41) is 0. The van der Waals surface area contributed by atoms with E-state index in [1.807, 2.05) is 54.9 Å². The van der Waals surface area contributed by atoms with Crippen LogP contribution in [0.4, 0.5) is 0 Å². The number of pyridine rings is 1. The van der Waals surface area contributed by atoms with E-state index in [0.29, 0.717) is 0 Å². The van der Waals surface area contributed by atoms with E-state index in [1.165, 1.54) is 0 Å². The molecule has 0 radical (unpaired) electrons. The van der Waals surface area contributed by atoms with Gasteiger partial charge < -0.3 is 0 Å². The molecular formula is C26H19N3. The highest BCUT2D eigenvalue weighted by Gasteiger charge is 2.21. The monoisotopic (exact) mass is 373 g/mol. The van der Waals surface area contributed by atoms with Crippen LogP contribution in [0.15, 0.2) is 116 Å². The highest BCUT2D eigenvalue weighted by molar-refractivity contribution is 5.84. The molecule has 0 saturated heterocycles. The Labute approximate surface area is 170 Å². The van der Waals surface area contributed by atoms with Crippen molar-refractivity contribution in [2.75, 3.05) is 0 Å². The summed E-state index contributed by atoms with van der Waals surface area (Å²) < 4.78 is 2.23. The Morgan fingerprint density at radius 1 is 0.517 bits per heavy atom. The van der Waals surface area contributed by atoms with Crippen LogP contribution in [0.3, 0.4) is 0 Å². The second-order valence-electron chi connectivity index (χ2n) is 6.77. The second kappa shape index (κ2) is 7.56. The van der Waals surface area contributed by atoms with Crippen molar-refractivity contribution in [3.05, 3.63) is 116 Å². The molecule has 2 heterocycles. The molecule has 138 valence electrons. The van der Waals surface area contributed by atoms with Crippen LogP contribution in [-0.2, 0) is 0 Å². The van der Waals surface area contributed by atoms with Gasteiger partial charge in [0.2, 0.25) is 0 Å². The Hall–Kier alpha value is -3.98. The molecule has 0 unspecified atom stereocenters. The van der Waals surface area contributed by atoms with Crippen molar-refractivity contribution in [1.82, 2.24) is 14.5 Å². The molecule has 29 heavy (non-hydrogen) atoms. The van der Waals surface area contributed by atoms with Gasteiger partial charge in [0, 0.05) is 29.1 Å². The minimum atomic E-state index is 0.912. The number of imidazole rings is 1. The van der Waals surface area contributed by atoms with Crippen molar-refractivity contribution in [1.29, 1.82) is 0 Å². The van der Waals surface area contributed by atoms with Gasteiger partial charge in [-0.05, 0) is 12.1 Å². The van der Waals surface area contributed by atoms with Gasteiger partial charge in [-0.2, -0.15) is 0 Å². The van der Waals surface area contributed by atoms with Gasteiger partial charge in [-0.3, -0.25) is 9.55 Å². The third-order valence-corrected chi connectivity index (χ3v) is 4.92. The topological polar surface area (TPSA) is 30.7 Å². The van der Waals surface area contributed by atoms with Crippen LogP contribution in [0.2, 0.25) is 0 Å². The van der Waals surface area contributed by atoms with Crippen molar-refractivity contribution in [2.45, 2.75) is 0 Å². The van der Waals surface area contributed by atoms with E-state index in [2.05, 4.69) is 70.2 Å². The van der Waals surface area contributed by atoms with Gasteiger partial charge in [-0.25, -0.2) is 4.98 Å². The highest BCUT2D eigenvalue weighted by Crippen LogP contribution is 2.38. The summed E-state index contributed by atoms with van der Waals surface area (Å²) in [5.74, 6) is 0.912. The largest absolute Gasteiger partial charge is 0.292 e. The lowest BCUT2D eigenvalue weighted by Crippen LogP contribution is -2.00. The molecule has 3 heteroatoms. The van der Waals surface area contributed by atoms with Gasteiger partial charge in [-0.15, -0.1) is 0 Å². The maximum absolute atomic E-state index is 5.15. The number of aromatic nitrogens is 3. The molecule has 5 aromatic rings. The number of hydrogen-bond acceptors (Lipinski definition) is 2. The Morgan fingerprint density at radius 2 is 1.03 bits per heavy atom. The maximum Gasteiger partial charge on any atom is 0.145 e. The van der Waals surface area contributed by atoms with Crippen molar-refractivity contribution in [3.63, 3.8) is 0 Å². The zero-order chi connectivity index (χ0) is 19.5. The van der Waals surface area contributed by atoms with E-state index in [-0.39, 0.29) is 0 Å². The molecule has 0 saturated carbocycles. The predicted octanol–water partition coefficient (Wildman–Crippen LogP) is 6.27. The zero-order valence-electron chi connectivity index (χ0n) is 15.8. The molecule has 0 aliphatic carbocycles. The minimum Gasteiger partial charge on any atom is -0.292 e. The summed E-state index contributed by atoms with van der Waals surface area (Å²) in [5.41, 5.74) is 6.36. The Balaban J connectivity index is 1.89. The number of hydrogen-bond donors (Lipinski definition) is 0. The van der Waals surface area contributed by atoms with E-state index in [0.717, 1.165) is 39.6 Å². The van der Waals surface area contributed by atoms with Crippen molar-refractivity contribution in [2.24, 2.45) is 0 Å². The molecule has 5 rings (SSSR count). The van der Waals surface area contributed by atoms with Crippen LogP contribution in [-0.4, -0.2) is 14.5 Å². The summed E-state index contributed by atoms with van der Waals surface area (Å²) in [4.78, 5) is 9.35. The fourth-order valence-corrected chi connectivity index (χ4v) is 3.61. The molecule has 0 aliphatic heterocycles. The van der Waals surface area contributed by atoms with Gasteiger partial charge in [0.15, 0.2) is 0 Å². The van der Waals surface area contributed by atoms with Gasteiger partial charge in [0.25, 0.3) is 0 Å². The molecule has 0 atom stereocenters. The third-order valence-electron chi connectivity index (χ3n) is 4.92. The standard InChI is InChI=1S/C26H19N3/c1-4-10-20(11-5-1)24-25(21-12-6-2-7-13-21)29(23-16-18-27-19-17-23)26(28-24)22-14-8-3-9-15-22/h1-19H. The Morgan fingerprint density at radius 3 is 1.62 bits per heavy atom. The molecule has 0 N–H and O–H groups in total. The molecule has 0 fully saturated rings. The first kappa shape index (κ1) is 17.1. The average Bonchev–Trinajstić information content (AvgIpc) is 3.22. The van der Waals surface area contributed by atoms with Crippen LogP contribution in [0.25, 0.3) is 39.6 Å². The number of benzene rings is 3. The summed E-state index contributed by atoms with van der Waals surface area (Å²) in [6, 6.07) is 35.2. The smallest absolute Gasteiger partial charge is 0.145 e. The predicted molar refractivity (Wildman–Crippen MR) is 118 cm³/mol. The van der Waals surface area contributed by atoms with Crippen molar-refractivity contribution < 1.29 is 0 Å². The number of rotatable bonds is 4. The Bertz CT molecular complexity index is 1120. The first-order chi connectivity index (χ1) is 14.4. The average molecular weight is 373 g/mol. The first-order valence-electron chi connectivity index (χ1n) is 9.61. The van der Waals surface area contributed by atoms with E-state index in [4.69, 9.17) is 4.98 Å². The molecule has 0 bridgehead atoms. The lowest BCUT2D eigenvalue weighted by Gasteiger charge is -2.13. The third kappa shape index (κ3) is 3.23. The SMILES string of the molecule is c1ccc(-c2nc(-c3ccccc3)n(-c3ccncc3)c2-c2ccccc2)cc1. The summed E-state index contributed by atoms with van der Waals surface area (Å²) >= 11 is 0. The molecular weight excluding hydrogens is 354 g/mol. The fourth-order valence-electron chi connectivity index (χ4n) is 3.61. The van der Waals surface area contributed by atoms with Gasteiger partial charge in [-0.1, -0.05) is 91.0 Å². The lowest BCUT2D eigenvalue weighted by molar-refractivity contribution is 1.06. The summed E-state index contributed by atoms with van der Waals surface area (Å²) in [6.07, 6.45) is 3.64. The molecule has 2 aromatic heterocycles. The fraction of sp³-hybridized carbons (Fsp3) is 0. The van der Waals surface area contributed by atoms with E-state index in [9.17, 15) is 0 Å². The zero-order valence-corrected chi connectivity index (χ0v) is 15.8. The van der Waals surface area contributed by atoms with Crippen molar-refractivity contribution in [3.8, 4) is 39.6 Å². The van der Waals surface area contributed by atoms with Gasteiger partial charge in [0.1, 0.15) is 5.82 Å². The normalized spacial score (nSPS) is 10.8.